The van der Waals surface area contributed by atoms with Crippen LogP contribution in [-0.2, 0) is 28.6 Å². The van der Waals surface area contributed by atoms with Crippen molar-refractivity contribution in [3.05, 3.63) is 109 Å². The average Bonchev–Trinajstić information content (AvgIpc) is 3.47. The van der Waals surface area contributed by atoms with E-state index in [4.69, 9.17) is 14.2 Å². The van der Waals surface area contributed by atoms with Crippen molar-refractivity contribution in [1.29, 1.82) is 0 Å². The van der Waals surface area contributed by atoms with Gasteiger partial charge in [0.25, 0.3) is 0 Å². The fraction of sp³-hybridized carbons (Fsp3) is 0.724. The van der Waals surface area contributed by atoms with Gasteiger partial charge in [-0.15, -0.1) is 0 Å². The highest BCUT2D eigenvalue weighted by atomic mass is 16.6. The molecular weight excluding hydrogens is 1010 g/mol. The number of rotatable bonds is 63. The van der Waals surface area contributed by atoms with Crippen LogP contribution < -0.4 is 0 Å². The lowest BCUT2D eigenvalue weighted by Gasteiger charge is -2.18. The number of ether oxygens (including phenoxy) is 3. The topological polar surface area (TPSA) is 78.9 Å². The molecule has 0 aromatic rings. The number of esters is 3. The molecule has 0 amide bonds. The van der Waals surface area contributed by atoms with Crippen molar-refractivity contribution >= 4 is 17.9 Å². The minimum Gasteiger partial charge on any atom is -0.462 e. The predicted octanol–water partition coefficient (Wildman–Crippen LogP) is 24.2. The summed E-state index contributed by atoms with van der Waals surface area (Å²) >= 11 is 0. The van der Waals surface area contributed by atoms with Gasteiger partial charge in [-0.25, -0.2) is 0 Å². The van der Waals surface area contributed by atoms with E-state index in [0.717, 1.165) is 116 Å². The lowest BCUT2D eigenvalue weighted by atomic mass is 10.0. The van der Waals surface area contributed by atoms with Crippen LogP contribution in [-0.4, -0.2) is 37.2 Å². The number of allylic oxidation sites excluding steroid dienone is 18. The summed E-state index contributed by atoms with van der Waals surface area (Å²) in [5.74, 6) is -0.886. The molecule has 470 valence electrons. The van der Waals surface area contributed by atoms with Gasteiger partial charge in [0.15, 0.2) is 6.10 Å². The highest BCUT2D eigenvalue weighted by molar-refractivity contribution is 5.71. The van der Waals surface area contributed by atoms with E-state index in [2.05, 4.69) is 130 Å². The van der Waals surface area contributed by atoms with E-state index >= 15 is 0 Å². The van der Waals surface area contributed by atoms with Crippen molar-refractivity contribution in [2.45, 2.75) is 341 Å². The van der Waals surface area contributed by atoms with Crippen LogP contribution in [0.3, 0.4) is 0 Å². The average molecular weight is 1140 g/mol. The SMILES string of the molecule is CC/C=C\C/C=C\C/C=C\C/C=C\C/C=C\C/C=C\C/C=C\C/C=C\CCCCCCCCCCC(=O)OCC(COC(=O)CCCCCCCC)OC(=O)CCCCCCCCCCCCCCC/C=C\CCCCCCCCCC. The third kappa shape index (κ3) is 66.9. The lowest BCUT2D eigenvalue weighted by Crippen LogP contribution is -2.30. The van der Waals surface area contributed by atoms with E-state index in [0.29, 0.717) is 19.3 Å². The highest BCUT2D eigenvalue weighted by Crippen LogP contribution is 2.17. The van der Waals surface area contributed by atoms with Gasteiger partial charge in [-0.3, -0.25) is 14.4 Å². The quantitative estimate of drug-likeness (QED) is 0.0261. The number of hydrogen-bond acceptors (Lipinski definition) is 6. The second-order valence-electron chi connectivity index (χ2n) is 23.1. The summed E-state index contributed by atoms with van der Waals surface area (Å²) in [6.07, 6.45) is 95.8. The van der Waals surface area contributed by atoms with E-state index < -0.39 is 6.10 Å². The molecule has 0 aromatic heterocycles. The zero-order valence-corrected chi connectivity index (χ0v) is 54.0. The van der Waals surface area contributed by atoms with E-state index in [1.165, 1.54) is 180 Å². The third-order valence-electron chi connectivity index (χ3n) is 15.0. The van der Waals surface area contributed by atoms with Crippen LogP contribution >= 0.6 is 0 Å². The molecule has 0 saturated carbocycles. The first-order valence-corrected chi connectivity index (χ1v) is 34.9. The number of carbonyl (C=O) groups excluding carboxylic acids is 3. The van der Waals surface area contributed by atoms with Crippen LogP contribution in [0.5, 0.6) is 0 Å². The number of unbranched alkanes of at least 4 members (excludes halogenated alkanes) is 34. The molecule has 0 rings (SSSR count). The van der Waals surface area contributed by atoms with E-state index in [1.807, 2.05) is 0 Å². The van der Waals surface area contributed by atoms with Crippen molar-refractivity contribution in [1.82, 2.24) is 0 Å². The summed E-state index contributed by atoms with van der Waals surface area (Å²) in [5.41, 5.74) is 0. The van der Waals surface area contributed by atoms with Crippen molar-refractivity contribution in [2.75, 3.05) is 13.2 Å². The maximum absolute atomic E-state index is 12.9. The van der Waals surface area contributed by atoms with Crippen LogP contribution in [0.15, 0.2) is 109 Å². The Morgan fingerprint density at radius 3 is 0.756 bits per heavy atom. The van der Waals surface area contributed by atoms with Crippen LogP contribution in [0.25, 0.3) is 0 Å². The first-order chi connectivity index (χ1) is 40.5. The maximum Gasteiger partial charge on any atom is 0.306 e. The molecule has 0 aliphatic heterocycles. The van der Waals surface area contributed by atoms with Gasteiger partial charge in [0, 0.05) is 19.3 Å². The summed E-state index contributed by atoms with van der Waals surface area (Å²) in [5, 5.41) is 0. The van der Waals surface area contributed by atoms with Gasteiger partial charge in [0.05, 0.1) is 0 Å². The summed E-state index contributed by atoms with van der Waals surface area (Å²) in [4.78, 5) is 38.1. The summed E-state index contributed by atoms with van der Waals surface area (Å²) in [7, 11) is 0. The molecule has 0 bridgehead atoms. The molecule has 0 radical (unpaired) electrons. The van der Waals surface area contributed by atoms with Gasteiger partial charge in [-0.2, -0.15) is 0 Å². The van der Waals surface area contributed by atoms with Gasteiger partial charge in [0.2, 0.25) is 0 Å². The first-order valence-electron chi connectivity index (χ1n) is 34.9. The lowest BCUT2D eigenvalue weighted by molar-refractivity contribution is -0.167. The molecule has 6 nitrogen and oxygen atoms in total. The van der Waals surface area contributed by atoms with Gasteiger partial charge in [-0.1, -0.05) is 316 Å². The van der Waals surface area contributed by atoms with Gasteiger partial charge in [-0.05, 0) is 109 Å². The third-order valence-corrected chi connectivity index (χ3v) is 15.0. The fourth-order valence-electron chi connectivity index (χ4n) is 9.81. The Hall–Kier alpha value is -3.93. The normalized spacial score (nSPS) is 12.8. The van der Waals surface area contributed by atoms with Gasteiger partial charge in [0.1, 0.15) is 13.2 Å². The minimum absolute atomic E-state index is 0.0787. The van der Waals surface area contributed by atoms with Crippen molar-refractivity contribution < 1.29 is 28.6 Å². The number of carbonyl (C=O) groups is 3. The Bertz CT molecular complexity index is 1640. The first kappa shape index (κ1) is 78.1. The smallest absolute Gasteiger partial charge is 0.306 e. The van der Waals surface area contributed by atoms with Crippen LogP contribution in [0.1, 0.15) is 335 Å². The number of hydrogen-bond donors (Lipinski definition) is 0. The molecule has 0 heterocycles. The molecule has 0 aromatic carbocycles. The van der Waals surface area contributed by atoms with E-state index in [-0.39, 0.29) is 31.1 Å². The molecule has 1 unspecified atom stereocenters. The maximum atomic E-state index is 12.9. The molecular formula is C76H130O6. The monoisotopic (exact) mass is 1140 g/mol. The Labute approximate surface area is 508 Å². The Balaban J connectivity index is 4.08. The summed E-state index contributed by atoms with van der Waals surface area (Å²) in [6.45, 7) is 6.49. The fourth-order valence-corrected chi connectivity index (χ4v) is 9.81. The molecule has 0 fully saturated rings. The van der Waals surface area contributed by atoms with Crippen molar-refractivity contribution in [2.24, 2.45) is 0 Å². The summed E-state index contributed by atoms with van der Waals surface area (Å²) in [6, 6.07) is 0. The Morgan fingerprint density at radius 1 is 0.256 bits per heavy atom. The molecule has 0 spiro atoms. The minimum atomic E-state index is -0.779. The van der Waals surface area contributed by atoms with Crippen LogP contribution in [0.4, 0.5) is 0 Å². The highest BCUT2D eigenvalue weighted by Gasteiger charge is 2.19. The predicted molar refractivity (Wildman–Crippen MR) is 357 cm³/mol. The largest absolute Gasteiger partial charge is 0.462 e. The Morgan fingerprint density at radius 2 is 0.476 bits per heavy atom. The Kier molecular flexibility index (Phi) is 66.2. The van der Waals surface area contributed by atoms with E-state index in [9.17, 15) is 14.4 Å². The second kappa shape index (κ2) is 69.6. The molecule has 1 atom stereocenters. The van der Waals surface area contributed by atoms with Crippen LogP contribution in [0.2, 0.25) is 0 Å². The van der Waals surface area contributed by atoms with Gasteiger partial charge >= 0.3 is 17.9 Å². The molecule has 0 aliphatic rings. The molecule has 0 saturated heterocycles. The second-order valence-corrected chi connectivity index (χ2v) is 23.1. The summed E-state index contributed by atoms with van der Waals surface area (Å²) < 4.78 is 16.8. The van der Waals surface area contributed by atoms with Crippen LogP contribution in [0, 0.1) is 0 Å². The van der Waals surface area contributed by atoms with Crippen molar-refractivity contribution in [3.63, 3.8) is 0 Å². The molecule has 0 aliphatic carbocycles. The zero-order chi connectivity index (χ0) is 59.2. The zero-order valence-electron chi connectivity index (χ0n) is 54.0. The molecule has 0 N–H and O–H groups in total. The molecule has 6 heteroatoms. The van der Waals surface area contributed by atoms with Crippen molar-refractivity contribution in [3.8, 4) is 0 Å². The molecule has 82 heavy (non-hydrogen) atoms. The van der Waals surface area contributed by atoms with E-state index in [1.54, 1.807) is 0 Å². The standard InChI is InChI=1S/C76H130O6/c1-4-7-10-13-16-18-20-22-24-26-28-30-32-34-35-36-37-38-39-40-41-43-44-46-48-50-52-54-56-58-60-63-66-69-75(78)81-72-73(71-80-74(77)68-65-62-15-12-9-6-3)82-76(79)70-67-64-61-59-57-55-53-51-49-47-45-42-33-31-29-27-25-23-21-19-17-14-11-8-5-2/h7,10,16,18,22,24,27-30,34-35,37-38,40-41,44,46,73H,4-6,8-9,11-15,17,19-21,23,25-26,31-33,36,39,42-43,45,47-72H2,1-3H3/b10-7-,18-16-,24-22-,29-27-,30-28-,35-34-,38-37-,41-40-,46-44-. The van der Waals surface area contributed by atoms with Gasteiger partial charge < -0.3 is 14.2 Å².